The fraction of sp³-hybridized carbons (Fsp3) is 0.417. The number of halogens is 2. The van der Waals surface area contributed by atoms with Crippen molar-refractivity contribution in [3.05, 3.63) is 34.1 Å². The number of amides is 1. The molecule has 0 heterocycles. The minimum Gasteiger partial charge on any atom is -0.352 e. The van der Waals surface area contributed by atoms with E-state index < -0.39 is 5.82 Å². The van der Waals surface area contributed by atoms with Crippen LogP contribution in [-0.2, 0) is 0 Å². The van der Waals surface area contributed by atoms with Gasteiger partial charge in [-0.3, -0.25) is 4.79 Å². The predicted molar refractivity (Wildman–Crippen MR) is 63.8 cm³/mol. The summed E-state index contributed by atoms with van der Waals surface area (Å²) in [5.41, 5.74) is 0.102. The average molecular weight is 286 g/mol. The molecule has 1 aliphatic carbocycles. The molecule has 4 heteroatoms. The molecule has 1 saturated carbocycles. The number of nitrogens with one attached hydrogen (secondary N) is 1. The van der Waals surface area contributed by atoms with Gasteiger partial charge in [0, 0.05) is 11.0 Å². The molecule has 1 fully saturated rings. The summed E-state index contributed by atoms with van der Waals surface area (Å²) in [6.45, 7) is 0.634. The Morgan fingerprint density at radius 1 is 1.50 bits per heavy atom. The molecule has 0 spiro atoms. The molecule has 1 amide bonds. The molecule has 2 nitrogen and oxygen atoms in total. The molecule has 1 aromatic rings. The van der Waals surface area contributed by atoms with E-state index >= 15 is 0 Å². The summed E-state index contributed by atoms with van der Waals surface area (Å²) in [5.74, 6) is -0.0424. The van der Waals surface area contributed by atoms with Crippen LogP contribution in [0, 0.1) is 11.7 Å². The molecule has 0 unspecified atom stereocenters. The second-order valence-corrected chi connectivity index (χ2v) is 5.03. The zero-order chi connectivity index (χ0) is 11.5. The lowest BCUT2D eigenvalue weighted by molar-refractivity contribution is 0.0948. The lowest BCUT2D eigenvalue weighted by Gasteiger charge is -2.05. The molecule has 0 aliphatic heterocycles. The van der Waals surface area contributed by atoms with Crippen LogP contribution in [0.1, 0.15) is 29.6 Å². The van der Waals surface area contributed by atoms with Gasteiger partial charge in [0.15, 0.2) is 0 Å². The van der Waals surface area contributed by atoms with Crippen LogP contribution in [0.2, 0.25) is 0 Å². The summed E-state index contributed by atoms with van der Waals surface area (Å²) in [6.07, 6.45) is 3.53. The molecule has 0 atom stereocenters. The van der Waals surface area contributed by atoms with Gasteiger partial charge in [0.2, 0.25) is 0 Å². The van der Waals surface area contributed by atoms with Crippen LogP contribution in [0.25, 0.3) is 0 Å². The Bertz CT molecular complexity index is 404. The highest BCUT2D eigenvalue weighted by atomic mass is 79.9. The van der Waals surface area contributed by atoms with Crippen molar-refractivity contribution in [3.63, 3.8) is 0 Å². The monoisotopic (exact) mass is 285 g/mol. The Balaban J connectivity index is 1.93. The molecule has 1 N–H and O–H groups in total. The van der Waals surface area contributed by atoms with E-state index in [0.717, 1.165) is 12.3 Å². The van der Waals surface area contributed by atoms with E-state index in [4.69, 9.17) is 0 Å². The van der Waals surface area contributed by atoms with E-state index in [1.54, 1.807) is 6.07 Å². The largest absolute Gasteiger partial charge is 0.352 e. The van der Waals surface area contributed by atoms with Crippen LogP contribution in [0.15, 0.2) is 22.7 Å². The Labute approximate surface area is 102 Å². The average Bonchev–Trinajstić information content (AvgIpc) is 3.05. The summed E-state index contributed by atoms with van der Waals surface area (Å²) in [6, 6.07) is 4.37. The molecular weight excluding hydrogens is 273 g/mol. The number of rotatable bonds is 4. The molecule has 86 valence electrons. The van der Waals surface area contributed by atoms with E-state index in [1.165, 1.54) is 25.0 Å². The lowest BCUT2D eigenvalue weighted by atomic mass is 10.2. The summed E-state index contributed by atoms with van der Waals surface area (Å²) in [5, 5.41) is 2.74. The minimum absolute atomic E-state index is 0.102. The molecule has 0 radical (unpaired) electrons. The third-order valence-corrected chi connectivity index (χ3v) is 3.20. The fourth-order valence-corrected chi connectivity index (χ4v) is 1.92. The number of carbonyl (C=O) groups is 1. The van der Waals surface area contributed by atoms with Gasteiger partial charge < -0.3 is 5.32 Å². The van der Waals surface area contributed by atoms with E-state index in [2.05, 4.69) is 21.2 Å². The van der Waals surface area contributed by atoms with E-state index in [1.807, 2.05) is 0 Å². The third-order valence-electron chi connectivity index (χ3n) is 2.71. The van der Waals surface area contributed by atoms with Gasteiger partial charge in [-0.05, 0) is 30.5 Å². The maximum Gasteiger partial charge on any atom is 0.254 e. The van der Waals surface area contributed by atoms with Crippen molar-refractivity contribution in [1.82, 2.24) is 5.32 Å². The summed E-state index contributed by atoms with van der Waals surface area (Å²) >= 11 is 3.22. The Kier molecular flexibility index (Phi) is 3.59. The van der Waals surface area contributed by atoms with Crippen molar-refractivity contribution in [1.29, 1.82) is 0 Å². The molecular formula is C12H13BrFNO. The second kappa shape index (κ2) is 4.95. The van der Waals surface area contributed by atoms with Crippen molar-refractivity contribution in [2.45, 2.75) is 19.3 Å². The normalized spacial score (nSPS) is 14.9. The molecule has 0 bridgehead atoms. The Hall–Kier alpha value is -0.900. The van der Waals surface area contributed by atoms with Crippen LogP contribution >= 0.6 is 15.9 Å². The SMILES string of the molecule is O=C(NCCC1CC1)c1cc(Br)ccc1F. The van der Waals surface area contributed by atoms with Crippen molar-refractivity contribution in [3.8, 4) is 0 Å². The first kappa shape index (κ1) is 11.6. The van der Waals surface area contributed by atoms with Crippen molar-refractivity contribution >= 4 is 21.8 Å². The van der Waals surface area contributed by atoms with E-state index in [-0.39, 0.29) is 11.5 Å². The maximum absolute atomic E-state index is 13.3. The number of benzene rings is 1. The van der Waals surface area contributed by atoms with Crippen LogP contribution < -0.4 is 5.32 Å². The second-order valence-electron chi connectivity index (χ2n) is 4.11. The van der Waals surface area contributed by atoms with Crippen LogP contribution in [-0.4, -0.2) is 12.5 Å². The number of hydrogen-bond donors (Lipinski definition) is 1. The molecule has 2 rings (SSSR count). The summed E-state index contributed by atoms with van der Waals surface area (Å²) < 4.78 is 14.0. The van der Waals surface area contributed by atoms with Gasteiger partial charge in [0.25, 0.3) is 5.91 Å². The van der Waals surface area contributed by atoms with Gasteiger partial charge in [-0.25, -0.2) is 4.39 Å². The quantitative estimate of drug-likeness (QED) is 0.905. The van der Waals surface area contributed by atoms with Gasteiger partial charge in [-0.2, -0.15) is 0 Å². The molecule has 1 aromatic carbocycles. The molecule has 1 aliphatic rings. The van der Waals surface area contributed by atoms with E-state index in [0.29, 0.717) is 11.0 Å². The van der Waals surface area contributed by atoms with Crippen molar-refractivity contribution in [2.24, 2.45) is 5.92 Å². The zero-order valence-electron chi connectivity index (χ0n) is 8.80. The zero-order valence-corrected chi connectivity index (χ0v) is 10.4. The fourth-order valence-electron chi connectivity index (χ4n) is 1.56. The lowest BCUT2D eigenvalue weighted by Crippen LogP contribution is -2.25. The Morgan fingerprint density at radius 3 is 2.94 bits per heavy atom. The highest BCUT2D eigenvalue weighted by Gasteiger charge is 2.21. The van der Waals surface area contributed by atoms with E-state index in [9.17, 15) is 9.18 Å². The predicted octanol–water partition coefficient (Wildman–Crippen LogP) is 3.12. The molecule has 16 heavy (non-hydrogen) atoms. The van der Waals surface area contributed by atoms with Crippen LogP contribution in [0.4, 0.5) is 4.39 Å². The molecule has 0 aromatic heterocycles. The smallest absolute Gasteiger partial charge is 0.254 e. The minimum atomic E-state index is -0.480. The van der Waals surface area contributed by atoms with Gasteiger partial charge in [-0.1, -0.05) is 28.8 Å². The van der Waals surface area contributed by atoms with Crippen molar-refractivity contribution in [2.75, 3.05) is 6.54 Å². The van der Waals surface area contributed by atoms with Gasteiger partial charge in [0.05, 0.1) is 5.56 Å². The topological polar surface area (TPSA) is 29.1 Å². The van der Waals surface area contributed by atoms with Crippen LogP contribution in [0.3, 0.4) is 0 Å². The summed E-state index contributed by atoms with van der Waals surface area (Å²) in [4.78, 5) is 11.6. The van der Waals surface area contributed by atoms with Gasteiger partial charge in [0.1, 0.15) is 5.82 Å². The highest BCUT2D eigenvalue weighted by molar-refractivity contribution is 9.10. The number of carbonyl (C=O) groups excluding carboxylic acids is 1. The Morgan fingerprint density at radius 2 is 2.25 bits per heavy atom. The van der Waals surface area contributed by atoms with Crippen LogP contribution in [0.5, 0.6) is 0 Å². The maximum atomic E-state index is 13.3. The standard InChI is InChI=1S/C12H13BrFNO/c13-9-3-4-11(14)10(7-9)12(16)15-6-5-8-1-2-8/h3-4,7-8H,1-2,5-6H2,(H,15,16). The van der Waals surface area contributed by atoms with Crippen molar-refractivity contribution < 1.29 is 9.18 Å². The van der Waals surface area contributed by atoms with Gasteiger partial charge >= 0.3 is 0 Å². The first-order chi connectivity index (χ1) is 7.66. The summed E-state index contributed by atoms with van der Waals surface area (Å²) in [7, 11) is 0. The van der Waals surface area contributed by atoms with Gasteiger partial charge in [-0.15, -0.1) is 0 Å². The highest BCUT2D eigenvalue weighted by Crippen LogP contribution is 2.31. The third kappa shape index (κ3) is 3.04. The molecule has 0 saturated heterocycles. The first-order valence-corrected chi connectivity index (χ1v) is 6.19. The number of hydrogen-bond acceptors (Lipinski definition) is 1. The first-order valence-electron chi connectivity index (χ1n) is 5.40.